The maximum absolute atomic E-state index is 13.2. The van der Waals surface area contributed by atoms with Gasteiger partial charge in [-0.05, 0) is 35.2 Å². The Morgan fingerprint density at radius 1 is 0.875 bits per heavy atom. The molecule has 162 valence electrons. The molecule has 5 rings (SSSR count). The summed E-state index contributed by atoms with van der Waals surface area (Å²) < 4.78 is 0. The lowest BCUT2D eigenvalue weighted by molar-refractivity contribution is -0.129. The third-order valence-electron chi connectivity index (χ3n) is 7.33. The van der Waals surface area contributed by atoms with Crippen molar-refractivity contribution in [2.45, 2.75) is 24.7 Å². The Bertz CT molecular complexity index is 1070. The normalized spacial score (nSPS) is 21.9. The number of fused-ring (bicyclic) bond motifs is 1. The summed E-state index contributed by atoms with van der Waals surface area (Å²) in [6.45, 7) is 1.12. The Morgan fingerprint density at radius 2 is 1.47 bits per heavy atom. The predicted octanol–water partition coefficient (Wildman–Crippen LogP) is 5.31. The Balaban J connectivity index is 1.50. The number of hydrogen-bond donors (Lipinski definition) is 0. The summed E-state index contributed by atoms with van der Waals surface area (Å²) in [6, 6.07) is 28.5. The number of halogens is 1. The molecule has 1 saturated heterocycles. The number of hydrogen-bond acceptors (Lipinski definition) is 2. The number of likely N-dealkylation sites (tertiary alicyclic amines) is 1. The fraction of sp³-hybridized carbons (Fsp3) is 0.286. The Morgan fingerprint density at radius 3 is 2.06 bits per heavy atom. The van der Waals surface area contributed by atoms with Crippen LogP contribution < -0.4 is 0 Å². The minimum absolute atomic E-state index is 0.0720. The molecule has 0 bridgehead atoms. The molecule has 3 nitrogen and oxygen atoms in total. The van der Waals surface area contributed by atoms with Crippen LogP contribution in [-0.4, -0.2) is 29.7 Å². The van der Waals surface area contributed by atoms with Gasteiger partial charge in [0, 0.05) is 41.8 Å². The summed E-state index contributed by atoms with van der Waals surface area (Å²) >= 11 is 5.99. The molecule has 1 amide bonds. The topological polar surface area (TPSA) is 37.4 Å². The van der Waals surface area contributed by atoms with Gasteiger partial charge in [-0.3, -0.25) is 9.59 Å². The van der Waals surface area contributed by atoms with Gasteiger partial charge in [0.2, 0.25) is 5.91 Å². The molecule has 0 spiro atoms. The van der Waals surface area contributed by atoms with Gasteiger partial charge in [0.25, 0.3) is 0 Å². The van der Waals surface area contributed by atoms with E-state index in [2.05, 4.69) is 48.5 Å². The highest BCUT2D eigenvalue weighted by atomic mass is 35.5. The van der Waals surface area contributed by atoms with E-state index in [4.69, 9.17) is 11.6 Å². The lowest BCUT2D eigenvalue weighted by atomic mass is 9.56. The number of carbonyl (C=O) groups is 2. The number of ketones is 1. The van der Waals surface area contributed by atoms with Crippen LogP contribution in [0.5, 0.6) is 0 Å². The van der Waals surface area contributed by atoms with Crippen molar-refractivity contribution >= 4 is 23.3 Å². The van der Waals surface area contributed by atoms with Crippen molar-refractivity contribution in [2.75, 3.05) is 13.1 Å². The molecule has 0 N–H and O–H groups in total. The van der Waals surface area contributed by atoms with Crippen LogP contribution in [0, 0.1) is 11.8 Å². The average molecular weight is 444 g/mol. The van der Waals surface area contributed by atoms with Gasteiger partial charge in [-0.25, -0.2) is 0 Å². The minimum Gasteiger partial charge on any atom is -0.341 e. The molecule has 32 heavy (non-hydrogen) atoms. The molecule has 3 aromatic carbocycles. The van der Waals surface area contributed by atoms with Gasteiger partial charge in [0.05, 0.1) is 6.42 Å². The van der Waals surface area contributed by atoms with E-state index in [0.29, 0.717) is 36.7 Å². The van der Waals surface area contributed by atoms with Crippen LogP contribution in [0.25, 0.3) is 0 Å². The van der Waals surface area contributed by atoms with Gasteiger partial charge in [-0.1, -0.05) is 84.4 Å². The molecular formula is C28H26ClNO2. The molecule has 1 aliphatic heterocycles. The summed E-state index contributed by atoms with van der Waals surface area (Å²) in [7, 11) is 0. The third kappa shape index (κ3) is 3.65. The molecule has 1 aliphatic carbocycles. The molecule has 4 heteroatoms. The highest BCUT2D eigenvalue weighted by Crippen LogP contribution is 2.52. The lowest BCUT2D eigenvalue weighted by Gasteiger charge is -2.45. The number of carbonyl (C=O) groups excluding carboxylic acids is 2. The van der Waals surface area contributed by atoms with Crippen molar-refractivity contribution in [3.8, 4) is 0 Å². The van der Waals surface area contributed by atoms with E-state index in [1.165, 1.54) is 11.1 Å². The fourth-order valence-electron chi connectivity index (χ4n) is 5.77. The Labute approximate surface area is 194 Å². The van der Waals surface area contributed by atoms with Crippen LogP contribution >= 0.6 is 11.6 Å². The van der Waals surface area contributed by atoms with Crippen LogP contribution in [-0.2, 0) is 21.4 Å². The highest BCUT2D eigenvalue weighted by molar-refractivity contribution is 6.30. The third-order valence-corrected chi connectivity index (χ3v) is 7.58. The maximum Gasteiger partial charge on any atom is 0.227 e. The number of Topliss-reactive ketones (excluding diaryl/α,β-unsaturated/α-hetero) is 1. The molecular weight excluding hydrogens is 418 g/mol. The number of rotatable bonds is 4. The van der Waals surface area contributed by atoms with Crippen LogP contribution in [0.1, 0.15) is 29.5 Å². The van der Waals surface area contributed by atoms with Crippen molar-refractivity contribution in [2.24, 2.45) is 11.8 Å². The van der Waals surface area contributed by atoms with Gasteiger partial charge in [-0.15, -0.1) is 0 Å². The van der Waals surface area contributed by atoms with E-state index in [1.54, 1.807) is 0 Å². The second-order valence-electron chi connectivity index (χ2n) is 8.98. The van der Waals surface area contributed by atoms with Gasteiger partial charge in [0.1, 0.15) is 5.78 Å². The molecule has 1 heterocycles. The quantitative estimate of drug-likeness (QED) is 0.548. The van der Waals surface area contributed by atoms with Crippen molar-refractivity contribution < 1.29 is 9.59 Å². The molecule has 0 aromatic heterocycles. The predicted molar refractivity (Wildman–Crippen MR) is 127 cm³/mol. The monoisotopic (exact) mass is 443 g/mol. The average Bonchev–Trinajstić information content (AvgIpc) is 3.29. The first-order chi connectivity index (χ1) is 15.6. The van der Waals surface area contributed by atoms with E-state index in [1.807, 2.05) is 41.3 Å². The van der Waals surface area contributed by atoms with E-state index in [0.717, 1.165) is 12.0 Å². The van der Waals surface area contributed by atoms with Crippen molar-refractivity contribution in [3.05, 3.63) is 107 Å². The molecule has 2 atom stereocenters. The summed E-state index contributed by atoms with van der Waals surface area (Å²) in [6.07, 6.45) is 1.65. The largest absolute Gasteiger partial charge is 0.341 e. The summed E-state index contributed by atoms with van der Waals surface area (Å²) in [5.41, 5.74) is 3.15. The van der Waals surface area contributed by atoms with Crippen molar-refractivity contribution in [1.29, 1.82) is 0 Å². The zero-order chi connectivity index (χ0) is 22.1. The lowest BCUT2D eigenvalue weighted by Crippen LogP contribution is -2.47. The molecule has 3 aromatic rings. The van der Waals surface area contributed by atoms with Crippen LogP contribution in [0.4, 0.5) is 0 Å². The van der Waals surface area contributed by atoms with Gasteiger partial charge >= 0.3 is 0 Å². The molecule has 2 unspecified atom stereocenters. The first-order valence-electron chi connectivity index (χ1n) is 11.2. The second kappa shape index (κ2) is 8.55. The minimum atomic E-state index is -0.267. The van der Waals surface area contributed by atoms with E-state index >= 15 is 0 Å². The number of nitrogens with zero attached hydrogens (tertiary/aromatic N) is 1. The van der Waals surface area contributed by atoms with Gasteiger partial charge in [-0.2, -0.15) is 0 Å². The zero-order valence-corrected chi connectivity index (χ0v) is 18.7. The molecule has 2 fully saturated rings. The first-order valence-corrected chi connectivity index (χ1v) is 11.6. The number of benzene rings is 3. The van der Waals surface area contributed by atoms with Gasteiger partial charge in [0.15, 0.2) is 0 Å². The fourth-order valence-corrected chi connectivity index (χ4v) is 5.89. The molecule has 1 saturated carbocycles. The summed E-state index contributed by atoms with van der Waals surface area (Å²) in [5, 5.41) is 0.662. The van der Waals surface area contributed by atoms with E-state index in [9.17, 15) is 9.59 Å². The molecule has 0 radical (unpaired) electrons. The number of amides is 1. The van der Waals surface area contributed by atoms with Crippen molar-refractivity contribution in [1.82, 2.24) is 4.90 Å². The first kappa shape index (κ1) is 21.0. The Kier molecular flexibility index (Phi) is 5.60. The molecule has 2 aliphatic rings. The maximum atomic E-state index is 13.2. The SMILES string of the molecule is O=C1CCC(c2ccccc2)(c2ccccc2)C2CN(C(=O)Cc3ccc(Cl)cc3)CC12. The summed E-state index contributed by atoms with van der Waals surface area (Å²) in [4.78, 5) is 28.2. The second-order valence-corrected chi connectivity index (χ2v) is 9.42. The van der Waals surface area contributed by atoms with E-state index < -0.39 is 0 Å². The van der Waals surface area contributed by atoms with Crippen LogP contribution in [0.3, 0.4) is 0 Å². The van der Waals surface area contributed by atoms with E-state index in [-0.39, 0.29) is 23.2 Å². The standard InChI is InChI=1S/C28H26ClNO2/c29-23-13-11-20(12-14-23)17-27(32)30-18-24-25(19-30)28(16-15-26(24)31,21-7-3-1-4-8-21)22-9-5-2-6-10-22/h1-14,24-25H,15-19H2. The summed E-state index contributed by atoms with van der Waals surface area (Å²) in [5.74, 6) is 0.310. The zero-order valence-electron chi connectivity index (χ0n) is 17.9. The Hall–Kier alpha value is -2.91. The van der Waals surface area contributed by atoms with Crippen LogP contribution in [0.2, 0.25) is 5.02 Å². The smallest absolute Gasteiger partial charge is 0.227 e. The van der Waals surface area contributed by atoms with Crippen molar-refractivity contribution in [3.63, 3.8) is 0 Å². The highest BCUT2D eigenvalue weighted by Gasteiger charge is 2.55. The van der Waals surface area contributed by atoms with Gasteiger partial charge < -0.3 is 4.90 Å². The van der Waals surface area contributed by atoms with Crippen LogP contribution in [0.15, 0.2) is 84.9 Å².